The molecule has 120 valence electrons. The van der Waals surface area contributed by atoms with E-state index in [9.17, 15) is 14.0 Å². The molecule has 1 N–H and O–H groups in total. The number of nitrogens with zero attached hydrogens (tertiary/aromatic N) is 1. The number of fused-ring (bicyclic) bond motifs is 3. The summed E-state index contributed by atoms with van der Waals surface area (Å²) in [6, 6.07) is 12.7. The zero-order chi connectivity index (χ0) is 16.7. The second kappa shape index (κ2) is 5.60. The molecule has 2 aromatic carbocycles. The van der Waals surface area contributed by atoms with Gasteiger partial charge in [0.1, 0.15) is 11.5 Å². The molecule has 2 heterocycles. The van der Waals surface area contributed by atoms with Gasteiger partial charge in [-0.25, -0.2) is 4.39 Å². The molecule has 0 saturated heterocycles. The molecule has 0 aliphatic carbocycles. The molecule has 0 atom stereocenters. The molecule has 0 bridgehead atoms. The lowest BCUT2D eigenvalue weighted by Gasteiger charge is -2.14. The van der Waals surface area contributed by atoms with Crippen LogP contribution in [0.5, 0.6) is 0 Å². The van der Waals surface area contributed by atoms with Gasteiger partial charge in [0.05, 0.1) is 5.52 Å². The third-order valence-electron chi connectivity index (χ3n) is 4.42. The van der Waals surface area contributed by atoms with Gasteiger partial charge in [-0.2, -0.15) is 0 Å². The predicted octanol–water partition coefficient (Wildman–Crippen LogP) is 3.34. The quantitative estimate of drug-likeness (QED) is 0.787. The Labute approximate surface area is 137 Å². The van der Waals surface area contributed by atoms with Gasteiger partial charge >= 0.3 is 0 Å². The maximum absolute atomic E-state index is 13.0. The number of hydrogen-bond donors (Lipinski definition) is 1. The zero-order valence-electron chi connectivity index (χ0n) is 12.9. The number of amides is 1. The largest absolute Gasteiger partial charge is 0.342 e. The van der Waals surface area contributed by atoms with Crippen molar-refractivity contribution in [2.75, 3.05) is 5.32 Å². The maximum Gasteiger partial charge on any atom is 0.255 e. The minimum absolute atomic E-state index is 0.172. The second-order valence-corrected chi connectivity index (χ2v) is 5.88. The molecule has 5 heteroatoms. The summed E-state index contributed by atoms with van der Waals surface area (Å²) in [6.07, 6.45) is 1.69. The highest BCUT2D eigenvalue weighted by molar-refractivity contribution is 6.05. The average Bonchev–Trinajstić information content (AvgIpc) is 3.09. The van der Waals surface area contributed by atoms with Gasteiger partial charge in [0.2, 0.25) is 5.43 Å². The molecule has 4 rings (SSSR count). The van der Waals surface area contributed by atoms with Gasteiger partial charge in [-0.05, 0) is 49.2 Å². The number of nitrogens with one attached hydrogen (secondary N) is 1. The Kier molecular flexibility index (Phi) is 3.41. The number of carbonyl (C=O) groups excluding carboxylic acids is 1. The first-order valence-corrected chi connectivity index (χ1v) is 7.86. The van der Waals surface area contributed by atoms with E-state index in [1.807, 2.05) is 18.2 Å². The summed E-state index contributed by atoms with van der Waals surface area (Å²) in [6.45, 7) is 0.829. The minimum atomic E-state index is -0.405. The Balaban J connectivity index is 1.82. The van der Waals surface area contributed by atoms with Gasteiger partial charge in [-0.3, -0.25) is 9.59 Å². The number of anilines is 1. The Hall–Kier alpha value is -2.95. The normalized spacial score (nSPS) is 13.0. The topological polar surface area (TPSA) is 51.1 Å². The van der Waals surface area contributed by atoms with E-state index in [1.54, 1.807) is 6.07 Å². The lowest BCUT2D eigenvalue weighted by molar-refractivity contribution is 0.102. The standard InChI is InChI=1S/C19H15FN2O2/c20-13-9-7-12(8-10-13)19(24)21-17-16-6-3-11-22(16)15-5-2-1-4-14(15)18(17)23/h1-2,4-5,7-10H,3,6,11H2,(H,21,24). The van der Waals surface area contributed by atoms with Crippen molar-refractivity contribution in [3.63, 3.8) is 0 Å². The third kappa shape index (κ3) is 2.29. The predicted molar refractivity (Wildman–Crippen MR) is 90.9 cm³/mol. The Morgan fingerprint density at radius 3 is 2.62 bits per heavy atom. The Morgan fingerprint density at radius 2 is 1.83 bits per heavy atom. The van der Waals surface area contributed by atoms with Crippen LogP contribution in [0.25, 0.3) is 10.9 Å². The van der Waals surface area contributed by atoms with Crippen molar-refractivity contribution in [3.05, 3.63) is 75.8 Å². The van der Waals surface area contributed by atoms with Crippen molar-refractivity contribution in [2.24, 2.45) is 0 Å². The Morgan fingerprint density at radius 1 is 1.08 bits per heavy atom. The van der Waals surface area contributed by atoms with Crippen molar-refractivity contribution in [1.82, 2.24) is 4.57 Å². The van der Waals surface area contributed by atoms with E-state index < -0.39 is 11.7 Å². The first-order valence-electron chi connectivity index (χ1n) is 7.86. The highest BCUT2D eigenvalue weighted by Gasteiger charge is 2.22. The minimum Gasteiger partial charge on any atom is -0.342 e. The fourth-order valence-corrected chi connectivity index (χ4v) is 3.28. The number of aryl methyl sites for hydroxylation is 1. The van der Waals surface area contributed by atoms with Gasteiger partial charge in [0.15, 0.2) is 0 Å². The Bertz CT molecular complexity index is 1010. The van der Waals surface area contributed by atoms with Crippen LogP contribution >= 0.6 is 0 Å². The molecule has 4 nitrogen and oxygen atoms in total. The van der Waals surface area contributed by atoms with Crippen LogP contribution < -0.4 is 10.7 Å². The lowest BCUT2D eigenvalue weighted by atomic mass is 10.1. The smallest absolute Gasteiger partial charge is 0.255 e. The number of aromatic nitrogens is 1. The van der Waals surface area contributed by atoms with Crippen molar-refractivity contribution in [1.29, 1.82) is 0 Å². The molecule has 24 heavy (non-hydrogen) atoms. The van der Waals surface area contributed by atoms with Gasteiger partial charge in [0.25, 0.3) is 5.91 Å². The van der Waals surface area contributed by atoms with Gasteiger partial charge in [-0.1, -0.05) is 12.1 Å². The van der Waals surface area contributed by atoms with E-state index in [-0.39, 0.29) is 5.43 Å². The molecule has 3 aromatic rings. The summed E-state index contributed by atoms with van der Waals surface area (Å²) in [5.74, 6) is -0.810. The monoisotopic (exact) mass is 322 g/mol. The summed E-state index contributed by atoms with van der Waals surface area (Å²) in [4.78, 5) is 25.3. The summed E-state index contributed by atoms with van der Waals surface area (Å²) < 4.78 is 15.1. The van der Waals surface area contributed by atoms with Gasteiger partial charge in [0, 0.05) is 23.2 Å². The molecular formula is C19H15FN2O2. The van der Waals surface area contributed by atoms with Crippen LogP contribution in [0.1, 0.15) is 22.5 Å². The van der Waals surface area contributed by atoms with Gasteiger partial charge < -0.3 is 9.88 Å². The van der Waals surface area contributed by atoms with Crippen LogP contribution in [0.3, 0.4) is 0 Å². The molecule has 1 aromatic heterocycles. The number of pyridine rings is 1. The molecule has 0 spiro atoms. The van der Waals surface area contributed by atoms with E-state index in [2.05, 4.69) is 9.88 Å². The van der Waals surface area contributed by atoms with Crippen LogP contribution in [0.4, 0.5) is 10.1 Å². The maximum atomic E-state index is 13.0. The average molecular weight is 322 g/mol. The second-order valence-electron chi connectivity index (χ2n) is 5.88. The van der Waals surface area contributed by atoms with Crippen LogP contribution in [0.15, 0.2) is 53.3 Å². The molecule has 0 radical (unpaired) electrons. The zero-order valence-corrected chi connectivity index (χ0v) is 12.9. The summed E-state index contributed by atoms with van der Waals surface area (Å²) in [5.41, 5.74) is 2.24. The number of carbonyl (C=O) groups is 1. The van der Waals surface area contributed by atoms with Crippen molar-refractivity contribution < 1.29 is 9.18 Å². The van der Waals surface area contributed by atoms with Crippen LogP contribution in [-0.4, -0.2) is 10.5 Å². The van der Waals surface area contributed by atoms with Crippen LogP contribution in [0, 0.1) is 5.82 Å². The highest BCUT2D eigenvalue weighted by Crippen LogP contribution is 2.26. The van der Waals surface area contributed by atoms with E-state index in [1.165, 1.54) is 24.3 Å². The summed E-state index contributed by atoms with van der Waals surface area (Å²) >= 11 is 0. The molecule has 1 aliphatic rings. The molecule has 1 amide bonds. The number of para-hydroxylation sites is 1. The van der Waals surface area contributed by atoms with E-state index in [0.717, 1.165) is 30.6 Å². The lowest BCUT2D eigenvalue weighted by Crippen LogP contribution is -2.22. The number of halogens is 1. The molecule has 0 saturated carbocycles. The molecule has 0 fully saturated rings. The number of rotatable bonds is 2. The fourth-order valence-electron chi connectivity index (χ4n) is 3.28. The van der Waals surface area contributed by atoms with Gasteiger partial charge in [-0.15, -0.1) is 0 Å². The van der Waals surface area contributed by atoms with Crippen LogP contribution in [0.2, 0.25) is 0 Å². The summed E-state index contributed by atoms with van der Waals surface area (Å²) in [5, 5.41) is 3.34. The molecule has 1 aliphatic heterocycles. The third-order valence-corrected chi connectivity index (χ3v) is 4.42. The van der Waals surface area contributed by atoms with Crippen molar-refractivity contribution in [3.8, 4) is 0 Å². The van der Waals surface area contributed by atoms with Crippen molar-refractivity contribution >= 4 is 22.5 Å². The number of hydrogen-bond acceptors (Lipinski definition) is 2. The van der Waals surface area contributed by atoms with E-state index in [0.29, 0.717) is 16.6 Å². The SMILES string of the molecule is O=C(Nc1c2n(c3ccccc3c1=O)CCC2)c1ccc(F)cc1. The van der Waals surface area contributed by atoms with Crippen molar-refractivity contribution in [2.45, 2.75) is 19.4 Å². The fraction of sp³-hybridized carbons (Fsp3) is 0.158. The van der Waals surface area contributed by atoms with Crippen LogP contribution in [-0.2, 0) is 13.0 Å². The summed E-state index contributed by atoms with van der Waals surface area (Å²) in [7, 11) is 0. The number of benzene rings is 2. The first-order chi connectivity index (χ1) is 11.6. The molecule has 0 unspecified atom stereocenters. The van der Waals surface area contributed by atoms with E-state index >= 15 is 0 Å². The molecular weight excluding hydrogens is 307 g/mol. The highest BCUT2D eigenvalue weighted by atomic mass is 19.1. The first kappa shape index (κ1) is 14.6. The van der Waals surface area contributed by atoms with E-state index in [4.69, 9.17) is 0 Å².